The fraction of sp³-hybridized carbons (Fsp3) is 0.909. The molecule has 9 atom stereocenters. The average molecular weight is 333 g/mol. The van der Waals surface area contributed by atoms with Crippen molar-refractivity contribution < 1.29 is 10.2 Å². The van der Waals surface area contributed by atoms with Crippen LogP contribution in [0.1, 0.15) is 71.6 Å². The summed E-state index contributed by atoms with van der Waals surface area (Å²) in [7, 11) is 0. The molecule has 4 saturated carbocycles. The zero-order valence-electron chi connectivity index (χ0n) is 15.6. The maximum Gasteiger partial charge on any atom is 0.0548 e. The Morgan fingerprint density at radius 2 is 1.83 bits per heavy atom. The van der Waals surface area contributed by atoms with Crippen LogP contribution >= 0.6 is 0 Å². The van der Waals surface area contributed by atoms with Gasteiger partial charge in [0, 0.05) is 0 Å². The fourth-order valence-electron chi connectivity index (χ4n) is 8.10. The average Bonchev–Trinajstić information content (AvgIpc) is 2.95. The van der Waals surface area contributed by atoms with Crippen LogP contribution in [-0.2, 0) is 0 Å². The molecule has 4 aliphatic carbocycles. The van der Waals surface area contributed by atoms with Crippen molar-refractivity contribution in [2.45, 2.75) is 83.8 Å². The van der Waals surface area contributed by atoms with E-state index in [0.717, 1.165) is 36.5 Å². The van der Waals surface area contributed by atoms with Crippen molar-refractivity contribution in [2.75, 3.05) is 0 Å². The van der Waals surface area contributed by atoms with Gasteiger partial charge in [-0.25, -0.2) is 0 Å². The lowest BCUT2D eigenvalue weighted by molar-refractivity contribution is -0.125. The molecule has 2 unspecified atom stereocenters. The second-order valence-corrected chi connectivity index (χ2v) is 9.86. The highest BCUT2D eigenvalue weighted by Gasteiger charge is 2.61. The molecule has 2 heteroatoms. The van der Waals surface area contributed by atoms with Crippen molar-refractivity contribution in [3.8, 4) is 0 Å². The topological polar surface area (TPSA) is 40.5 Å². The van der Waals surface area contributed by atoms with Crippen LogP contribution in [0.3, 0.4) is 0 Å². The minimum absolute atomic E-state index is 0.0541. The molecule has 0 spiro atoms. The van der Waals surface area contributed by atoms with E-state index in [1.54, 1.807) is 0 Å². The van der Waals surface area contributed by atoms with Gasteiger partial charge in [-0.1, -0.05) is 13.0 Å². The molecule has 4 fully saturated rings. The quantitative estimate of drug-likeness (QED) is 0.728. The van der Waals surface area contributed by atoms with E-state index in [4.69, 9.17) is 0 Å². The summed E-state index contributed by atoms with van der Waals surface area (Å²) in [6, 6.07) is 0. The molecular formula is C22H36O2. The van der Waals surface area contributed by atoms with Gasteiger partial charge in [-0.05, 0) is 105 Å². The second kappa shape index (κ2) is 5.84. The Bertz CT molecular complexity index is 500. The van der Waals surface area contributed by atoms with Gasteiger partial charge in [-0.15, -0.1) is 6.58 Å². The van der Waals surface area contributed by atoms with Gasteiger partial charge >= 0.3 is 0 Å². The highest BCUT2D eigenvalue weighted by Crippen LogP contribution is 2.68. The van der Waals surface area contributed by atoms with Crippen molar-refractivity contribution in [1.82, 2.24) is 0 Å². The van der Waals surface area contributed by atoms with Crippen LogP contribution in [-0.4, -0.2) is 22.4 Å². The molecule has 0 saturated heterocycles. The molecular weight excluding hydrogens is 296 g/mol. The van der Waals surface area contributed by atoms with Crippen LogP contribution in [0, 0.1) is 40.4 Å². The number of aliphatic hydroxyl groups is 2. The summed E-state index contributed by atoms with van der Waals surface area (Å²) in [4.78, 5) is 0. The molecule has 0 bridgehead atoms. The molecule has 4 rings (SSSR count). The molecule has 0 aromatic heterocycles. The van der Waals surface area contributed by atoms with Crippen LogP contribution in [0.2, 0.25) is 0 Å². The van der Waals surface area contributed by atoms with Gasteiger partial charge < -0.3 is 10.2 Å². The third kappa shape index (κ3) is 2.21. The van der Waals surface area contributed by atoms with Crippen molar-refractivity contribution >= 4 is 0 Å². The predicted molar refractivity (Wildman–Crippen MR) is 97.4 cm³/mol. The number of hydrogen-bond acceptors (Lipinski definition) is 2. The molecule has 24 heavy (non-hydrogen) atoms. The van der Waals surface area contributed by atoms with Gasteiger partial charge in [0.25, 0.3) is 0 Å². The maximum atomic E-state index is 10.4. The first-order chi connectivity index (χ1) is 11.4. The summed E-state index contributed by atoms with van der Waals surface area (Å²) in [5.41, 5.74) is 0.630. The van der Waals surface area contributed by atoms with E-state index in [-0.39, 0.29) is 17.6 Å². The minimum atomic E-state index is -0.207. The van der Waals surface area contributed by atoms with Crippen molar-refractivity contribution in [1.29, 1.82) is 0 Å². The third-order valence-electron chi connectivity index (χ3n) is 9.25. The monoisotopic (exact) mass is 332 g/mol. The fourth-order valence-corrected chi connectivity index (χ4v) is 8.10. The number of rotatable bonds is 2. The third-order valence-corrected chi connectivity index (χ3v) is 9.25. The van der Waals surface area contributed by atoms with Gasteiger partial charge in [-0.3, -0.25) is 0 Å². The first-order valence-corrected chi connectivity index (χ1v) is 10.4. The van der Waals surface area contributed by atoms with Crippen LogP contribution in [0.15, 0.2) is 12.7 Å². The summed E-state index contributed by atoms with van der Waals surface area (Å²) in [6.45, 7) is 8.79. The highest BCUT2D eigenvalue weighted by molar-refractivity contribution is 5.16. The van der Waals surface area contributed by atoms with Crippen LogP contribution < -0.4 is 0 Å². The SMILES string of the molecule is C=CC12CC[C@H]3[C@@H](CC[C@H]4C[C@H](O)CC[C@@]43C)[C@@H]1CCC2[C@@H](C)O. The highest BCUT2D eigenvalue weighted by atomic mass is 16.3. The van der Waals surface area contributed by atoms with Crippen molar-refractivity contribution in [3.05, 3.63) is 12.7 Å². The summed E-state index contributed by atoms with van der Waals surface area (Å²) in [6.07, 6.45) is 12.9. The summed E-state index contributed by atoms with van der Waals surface area (Å²) >= 11 is 0. The van der Waals surface area contributed by atoms with Crippen molar-refractivity contribution in [2.24, 2.45) is 40.4 Å². The summed E-state index contributed by atoms with van der Waals surface area (Å²) < 4.78 is 0. The Morgan fingerprint density at radius 1 is 1.04 bits per heavy atom. The van der Waals surface area contributed by atoms with Crippen LogP contribution in [0.25, 0.3) is 0 Å². The van der Waals surface area contributed by atoms with Crippen molar-refractivity contribution in [3.63, 3.8) is 0 Å². The lowest BCUT2D eigenvalue weighted by Gasteiger charge is -2.61. The van der Waals surface area contributed by atoms with Gasteiger partial charge in [0.05, 0.1) is 12.2 Å². The molecule has 0 aromatic carbocycles. The Kier molecular flexibility index (Phi) is 4.16. The normalized spacial score (nSPS) is 55.2. The molecule has 136 valence electrons. The molecule has 0 heterocycles. The Balaban J connectivity index is 1.64. The first-order valence-electron chi connectivity index (χ1n) is 10.4. The Hall–Kier alpha value is -0.340. The predicted octanol–water partition coefficient (Wildman–Crippen LogP) is 4.55. The van der Waals surface area contributed by atoms with E-state index in [1.807, 2.05) is 6.92 Å². The lowest BCUT2D eigenvalue weighted by Crippen LogP contribution is -2.54. The van der Waals surface area contributed by atoms with E-state index in [0.29, 0.717) is 11.3 Å². The van der Waals surface area contributed by atoms with Gasteiger partial charge in [0.15, 0.2) is 0 Å². The zero-order chi connectivity index (χ0) is 17.1. The molecule has 2 N–H and O–H groups in total. The number of allylic oxidation sites excluding steroid dienone is 1. The lowest BCUT2D eigenvalue weighted by atomic mass is 9.44. The van der Waals surface area contributed by atoms with E-state index < -0.39 is 0 Å². The molecule has 2 nitrogen and oxygen atoms in total. The first kappa shape index (κ1) is 17.1. The molecule has 0 aromatic rings. The summed E-state index contributed by atoms with van der Waals surface area (Å²) in [5, 5.41) is 20.5. The number of aliphatic hydroxyl groups excluding tert-OH is 2. The number of fused-ring (bicyclic) bond motifs is 5. The smallest absolute Gasteiger partial charge is 0.0548 e. The van der Waals surface area contributed by atoms with E-state index in [1.165, 1.54) is 44.9 Å². The molecule has 0 amide bonds. The second-order valence-electron chi connectivity index (χ2n) is 9.86. The molecule has 0 radical (unpaired) electrons. The Labute approximate surface area is 147 Å². The number of hydrogen-bond donors (Lipinski definition) is 2. The van der Waals surface area contributed by atoms with Crippen LogP contribution in [0.5, 0.6) is 0 Å². The van der Waals surface area contributed by atoms with Gasteiger partial charge in [0.1, 0.15) is 0 Å². The van der Waals surface area contributed by atoms with Gasteiger partial charge in [-0.2, -0.15) is 0 Å². The Morgan fingerprint density at radius 3 is 2.54 bits per heavy atom. The van der Waals surface area contributed by atoms with E-state index in [2.05, 4.69) is 19.6 Å². The largest absolute Gasteiger partial charge is 0.393 e. The summed E-state index contributed by atoms with van der Waals surface area (Å²) in [5.74, 6) is 3.52. The molecule has 0 aliphatic heterocycles. The van der Waals surface area contributed by atoms with Gasteiger partial charge in [0.2, 0.25) is 0 Å². The minimum Gasteiger partial charge on any atom is -0.393 e. The standard InChI is InChI=1S/C22H36O2/c1-4-22-12-10-19-17(20(22)8-7-18(22)14(2)23)6-5-15-13-16(24)9-11-21(15,19)3/h4,14-20,23-24H,1,5-13H2,2-3H3/t14-,15+,16-,17-,18?,19+,20+,21+,22?/m1/s1. The van der Waals surface area contributed by atoms with E-state index >= 15 is 0 Å². The van der Waals surface area contributed by atoms with E-state index in [9.17, 15) is 10.2 Å². The zero-order valence-corrected chi connectivity index (χ0v) is 15.6. The maximum absolute atomic E-state index is 10.4. The molecule has 4 aliphatic rings. The van der Waals surface area contributed by atoms with Crippen LogP contribution in [0.4, 0.5) is 0 Å².